The zero-order chi connectivity index (χ0) is 61.8. The molecule has 2 aromatic heterocycles. The number of aromatic nitrogens is 1. The highest BCUT2D eigenvalue weighted by atomic mass is 16.8. The SMILES string of the molecule is CCC1=C([C@@H]2C=C3Cc4[nH]ccc4C#CC[C@]4(O)[C@H](O)[C@@H](O)[C@@]3(Oc3cc5oc(-c6cc(O)c(O)c(CCO)c6)cc(=O)c5c(O)c32)O[C@@]42CC#C[C@]3(C(=O)O)O[C@](C[C@H](CO)CC(=O)CO)(OC2=O)[C@H](O)[C@@H](O)C3(O)O)C=C2C(NCC[C@@H]2C)N1. The van der Waals surface area contributed by atoms with Crippen LogP contribution in [0.3, 0.4) is 0 Å². The molecule has 456 valence electrons. The van der Waals surface area contributed by atoms with Crippen LogP contribution >= 0.6 is 0 Å². The quantitative estimate of drug-likeness (QED) is 0.0259. The number of phenolic OH excluding ortho intramolecular Hbond substituents is 3. The largest absolute Gasteiger partial charge is 0.507 e. The van der Waals surface area contributed by atoms with Crippen LogP contribution in [0.5, 0.6) is 23.0 Å². The van der Waals surface area contributed by atoms with Crippen molar-refractivity contribution in [3.63, 3.8) is 0 Å². The van der Waals surface area contributed by atoms with Gasteiger partial charge in [-0.1, -0.05) is 43.8 Å². The summed E-state index contributed by atoms with van der Waals surface area (Å²) in [5.74, 6) is -11.7. The van der Waals surface area contributed by atoms with Crippen molar-refractivity contribution < 1.29 is 109 Å². The maximum Gasteiger partial charge on any atom is 0.354 e. The van der Waals surface area contributed by atoms with Crippen LogP contribution in [0.4, 0.5) is 0 Å². The van der Waals surface area contributed by atoms with E-state index in [1.54, 1.807) is 6.07 Å². The van der Waals surface area contributed by atoms with Gasteiger partial charge in [0.15, 0.2) is 34.9 Å². The van der Waals surface area contributed by atoms with Crippen LogP contribution in [0.15, 0.2) is 80.3 Å². The van der Waals surface area contributed by atoms with E-state index in [2.05, 4.69) is 33.4 Å². The molecular formula is C60H63N3O23. The van der Waals surface area contributed by atoms with Crippen molar-refractivity contribution in [3.8, 4) is 58.0 Å². The van der Waals surface area contributed by atoms with Gasteiger partial charge in [0.1, 0.15) is 52.6 Å². The number of ketones is 1. The number of carbonyl (C=O) groups is 3. The Bertz CT molecular complexity index is 3790. The van der Waals surface area contributed by atoms with Crippen LogP contribution in [0.2, 0.25) is 0 Å². The maximum atomic E-state index is 16.1. The number of aromatic hydroxyl groups is 3. The monoisotopic (exact) mass is 1190 g/mol. The molecule has 26 heteroatoms. The Labute approximate surface area is 487 Å². The van der Waals surface area contributed by atoms with Gasteiger partial charge in [0.05, 0.1) is 12.6 Å². The molecule has 2 aromatic carbocycles. The standard InChI is InChI=1S/C60H63N3O23/c1-3-37-35(21-34-27(2)7-13-62-52(34)63-37)36-19-32-20-38-29(8-14-61-38)6-4-10-55(79)48(72)50(74)59(32,83-43-23-42-45(47(71)44(36)43)39(68)22-41(82-42)31-17-30(9-15-64)46(70)40(69)18-31)86-57(55)12-5-11-56(53(76)77)60(80,81)51(75)49(73)58(85-56,84-54(57)78)24-28(25-65)16-33(67)26-66/h8,14,17-19,21-23,27-28,36,48-52,61-66,69-75,79-81H,3,7,9-10,12-13,15-16,20,24-26H2,1-2H3,(H,76,77)/t27-,28+,36-,48+,49+,50+,51+,52?,55-,56+,57+,58-,59-/m0/s1. The van der Waals surface area contributed by atoms with Gasteiger partial charge in [0, 0.05) is 102 Å². The predicted molar refractivity (Wildman–Crippen MR) is 293 cm³/mol. The molecular weight excluding hydrogens is 1130 g/mol. The zero-order valence-corrected chi connectivity index (χ0v) is 46.2. The van der Waals surface area contributed by atoms with Crippen LogP contribution in [0.25, 0.3) is 22.3 Å². The van der Waals surface area contributed by atoms with Gasteiger partial charge in [-0.3, -0.25) is 14.9 Å². The van der Waals surface area contributed by atoms with Gasteiger partial charge >= 0.3 is 11.9 Å². The molecule has 26 nitrogen and oxygen atoms in total. The number of H-pyrrole nitrogens is 1. The van der Waals surface area contributed by atoms with Crippen molar-refractivity contribution in [2.75, 3.05) is 26.4 Å². The number of dihydropyridines is 1. The topological polar surface area (TPSA) is 441 Å². The number of piperidine rings is 1. The number of allylic oxidation sites excluding steroid dienone is 4. The fraction of sp³-hybridized carbons (Fsp3) is 0.467. The van der Waals surface area contributed by atoms with Crippen molar-refractivity contribution in [1.29, 1.82) is 0 Å². The zero-order valence-electron chi connectivity index (χ0n) is 46.2. The lowest BCUT2D eigenvalue weighted by atomic mass is 9.67. The molecule has 8 aliphatic rings. The number of aliphatic hydroxyl groups is 10. The number of carboxylic acids is 1. The van der Waals surface area contributed by atoms with E-state index >= 15 is 4.79 Å². The first kappa shape index (κ1) is 60.1. The Balaban J connectivity index is 1.22. The van der Waals surface area contributed by atoms with Gasteiger partial charge < -0.3 is 105 Å². The van der Waals surface area contributed by atoms with Crippen molar-refractivity contribution in [2.45, 2.75) is 136 Å². The van der Waals surface area contributed by atoms with Crippen LogP contribution in [0, 0.1) is 35.5 Å². The Kier molecular flexibility index (Phi) is 15.1. The molecule has 1 aliphatic carbocycles. The number of nitrogens with one attached hydrogen (secondary N) is 3. The van der Waals surface area contributed by atoms with E-state index in [1.807, 2.05) is 25.8 Å². The third-order valence-corrected chi connectivity index (χ3v) is 17.7. The van der Waals surface area contributed by atoms with Gasteiger partial charge in [0.2, 0.25) is 17.2 Å². The highest BCUT2D eigenvalue weighted by Gasteiger charge is 2.78. The number of aromatic amines is 1. The smallest absolute Gasteiger partial charge is 0.354 e. The van der Waals surface area contributed by atoms with Gasteiger partial charge in [-0.05, 0) is 72.9 Å². The molecule has 3 saturated heterocycles. The fourth-order valence-electron chi connectivity index (χ4n) is 13.0. The average molecular weight is 1190 g/mol. The average Bonchev–Trinajstić information content (AvgIpc) is 1.21. The lowest BCUT2D eigenvalue weighted by molar-refractivity contribution is -0.434. The first-order chi connectivity index (χ1) is 40.8. The molecule has 12 rings (SSSR count). The van der Waals surface area contributed by atoms with E-state index in [0.717, 1.165) is 23.8 Å². The number of hydrogen-bond acceptors (Lipinski definition) is 24. The summed E-state index contributed by atoms with van der Waals surface area (Å²) in [6, 6.07) is 6.14. The molecule has 2 spiro atoms. The lowest BCUT2D eigenvalue weighted by Crippen LogP contribution is -2.81. The van der Waals surface area contributed by atoms with Crippen LogP contribution in [-0.4, -0.2) is 185 Å². The maximum absolute atomic E-state index is 16.1. The summed E-state index contributed by atoms with van der Waals surface area (Å²) in [6.07, 6.45) is -10.8. The minimum absolute atomic E-state index is 0.0158. The summed E-state index contributed by atoms with van der Waals surface area (Å²) in [6.45, 7) is 1.91. The molecule has 86 heavy (non-hydrogen) atoms. The number of esters is 1. The Morgan fingerprint density at radius 3 is 2.38 bits per heavy atom. The molecule has 0 saturated carbocycles. The first-order valence-electron chi connectivity index (χ1n) is 27.8. The van der Waals surface area contributed by atoms with Crippen LogP contribution < -0.4 is 20.8 Å². The van der Waals surface area contributed by atoms with E-state index in [0.29, 0.717) is 30.7 Å². The number of aliphatic carboxylic acids is 1. The Morgan fingerprint density at radius 1 is 0.907 bits per heavy atom. The number of fused-ring (bicyclic) bond motifs is 7. The van der Waals surface area contributed by atoms with Crippen molar-refractivity contribution in [1.82, 2.24) is 15.6 Å². The van der Waals surface area contributed by atoms with E-state index in [4.69, 9.17) is 23.4 Å². The van der Waals surface area contributed by atoms with E-state index < -0.39 is 179 Å². The van der Waals surface area contributed by atoms with E-state index in [9.17, 15) is 85.9 Å². The number of carboxylic acid groups (broad SMARTS) is 1. The molecule has 17 N–H and O–H groups in total. The molecule has 4 aromatic rings. The number of hydrogen-bond donors (Lipinski definition) is 17. The molecule has 7 aliphatic heterocycles. The van der Waals surface area contributed by atoms with Gasteiger partial charge in [-0.2, -0.15) is 0 Å². The summed E-state index contributed by atoms with van der Waals surface area (Å²) in [7, 11) is 0. The van der Waals surface area contributed by atoms with Crippen LogP contribution in [0.1, 0.15) is 80.7 Å². The summed E-state index contributed by atoms with van der Waals surface area (Å²) < 4.78 is 32.3. The molecule has 0 amide bonds. The molecule has 4 bridgehead atoms. The van der Waals surface area contributed by atoms with Gasteiger partial charge in [0.25, 0.3) is 11.4 Å². The predicted octanol–water partition coefficient (Wildman–Crippen LogP) is -1.24. The summed E-state index contributed by atoms with van der Waals surface area (Å²) in [4.78, 5) is 60.2. The van der Waals surface area contributed by atoms with Crippen molar-refractivity contribution in [3.05, 3.63) is 104 Å². The first-order valence-corrected chi connectivity index (χ1v) is 27.8. The Hall–Kier alpha value is -7.64. The normalized spacial score (nSPS) is 32.8. The van der Waals surface area contributed by atoms with E-state index in [-0.39, 0.29) is 57.8 Å². The Morgan fingerprint density at radius 2 is 1.67 bits per heavy atom. The molecule has 0 radical (unpaired) electrons. The molecule has 13 atom stereocenters. The second-order valence-corrected chi connectivity index (χ2v) is 22.9. The molecule has 3 fully saturated rings. The lowest BCUT2D eigenvalue weighted by Gasteiger charge is -2.58. The highest BCUT2D eigenvalue weighted by molar-refractivity contribution is 5.90. The van der Waals surface area contributed by atoms with Crippen molar-refractivity contribution >= 4 is 28.7 Å². The second kappa shape index (κ2) is 21.6. The number of ether oxygens (including phenoxy) is 4. The number of Topliss-reactive ketones (excluding diaryl/α,β-unsaturated/α-hetero) is 1. The summed E-state index contributed by atoms with van der Waals surface area (Å²) in [5, 5.41) is 168. The summed E-state index contributed by atoms with van der Waals surface area (Å²) in [5.41, 5.74) is -9.78. The van der Waals surface area contributed by atoms with E-state index in [1.165, 1.54) is 18.3 Å². The van der Waals surface area contributed by atoms with Gasteiger partial charge in [-0.15, -0.1) is 0 Å². The number of carbonyl (C=O) groups excluding carboxylic acids is 2. The molecule has 1 unspecified atom stereocenters. The van der Waals surface area contributed by atoms with Crippen LogP contribution in [-0.2, 0) is 41.4 Å². The summed E-state index contributed by atoms with van der Waals surface area (Å²) >= 11 is 0. The number of benzene rings is 2. The minimum atomic E-state index is -4.12. The second-order valence-electron chi connectivity index (χ2n) is 22.9. The number of rotatable bonds is 12. The molecule has 9 heterocycles. The highest BCUT2D eigenvalue weighted by Crippen LogP contribution is 2.58. The van der Waals surface area contributed by atoms with Crippen molar-refractivity contribution in [2.24, 2.45) is 11.8 Å². The number of aliphatic hydroxyl groups excluding tert-OH is 7. The third-order valence-electron chi connectivity index (χ3n) is 17.7. The fourth-order valence-corrected chi connectivity index (χ4v) is 13.0. The minimum Gasteiger partial charge on any atom is -0.507 e. The number of phenols is 3. The third kappa shape index (κ3) is 9.01. The van der Waals surface area contributed by atoms with Gasteiger partial charge in [-0.25, -0.2) is 9.59 Å².